The molecule has 7 heteroatoms. The van der Waals surface area contributed by atoms with Crippen molar-refractivity contribution in [1.82, 2.24) is 5.32 Å². The van der Waals surface area contributed by atoms with Crippen molar-refractivity contribution in [1.29, 1.82) is 0 Å². The number of halogens is 2. The third-order valence-electron chi connectivity index (χ3n) is 3.70. The highest BCUT2D eigenvalue weighted by Crippen LogP contribution is 2.29. The molecule has 2 rings (SSSR count). The molecule has 0 saturated heterocycles. The fourth-order valence-electron chi connectivity index (χ4n) is 2.53. The second kappa shape index (κ2) is 6.54. The van der Waals surface area contributed by atoms with Gasteiger partial charge in [0.1, 0.15) is 0 Å². The van der Waals surface area contributed by atoms with Crippen molar-refractivity contribution in [2.75, 3.05) is 5.73 Å². The number of rotatable bonds is 3. The predicted molar refractivity (Wildman–Crippen MR) is 81.7 cm³/mol. The molecule has 1 aromatic rings. The molecule has 1 aliphatic carbocycles. The number of anilines is 1. The molecule has 0 radical (unpaired) electrons. The summed E-state index contributed by atoms with van der Waals surface area (Å²) in [6.45, 7) is 0. The van der Waals surface area contributed by atoms with Crippen LogP contribution in [0.25, 0.3) is 0 Å². The first-order valence-corrected chi connectivity index (χ1v) is 7.42. The number of carbonyl (C=O) groups excluding carboxylic acids is 1. The minimum absolute atomic E-state index is 0.151. The fraction of sp³-hybridized carbons (Fsp3) is 0.429. The molecule has 1 fully saturated rings. The Morgan fingerprint density at radius 1 is 1.24 bits per heavy atom. The molecular formula is C14H16Cl2N2O3. The van der Waals surface area contributed by atoms with Gasteiger partial charge in [0.2, 0.25) is 0 Å². The molecule has 1 aliphatic rings. The molecule has 0 aromatic heterocycles. The van der Waals surface area contributed by atoms with Crippen LogP contribution in [0.1, 0.15) is 36.0 Å². The summed E-state index contributed by atoms with van der Waals surface area (Å²) in [4.78, 5) is 23.2. The Morgan fingerprint density at radius 2 is 1.86 bits per heavy atom. The van der Waals surface area contributed by atoms with Gasteiger partial charge in [-0.2, -0.15) is 0 Å². The van der Waals surface area contributed by atoms with Crippen LogP contribution < -0.4 is 11.1 Å². The van der Waals surface area contributed by atoms with E-state index in [0.717, 1.165) is 12.8 Å². The van der Waals surface area contributed by atoms with Gasteiger partial charge in [0.15, 0.2) is 0 Å². The summed E-state index contributed by atoms with van der Waals surface area (Å²) < 4.78 is 0. The number of hydrogen-bond donors (Lipinski definition) is 3. The number of carboxylic acids is 1. The third kappa shape index (κ3) is 3.80. The van der Waals surface area contributed by atoms with Crippen LogP contribution in [0, 0.1) is 5.92 Å². The lowest BCUT2D eigenvalue weighted by Gasteiger charge is -2.27. The SMILES string of the molecule is Nc1c(Cl)cc(C(=O)NC2CCCC(C(=O)O)C2)cc1Cl. The summed E-state index contributed by atoms with van der Waals surface area (Å²) in [7, 11) is 0. The molecule has 114 valence electrons. The van der Waals surface area contributed by atoms with E-state index in [1.165, 1.54) is 12.1 Å². The lowest BCUT2D eigenvalue weighted by molar-refractivity contribution is -0.143. The Balaban J connectivity index is 2.06. The number of nitrogen functional groups attached to an aromatic ring is 1. The van der Waals surface area contributed by atoms with Crippen LogP contribution in [-0.2, 0) is 4.79 Å². The summed E-state index contributed by atoms with van der Waals surface area (Å²) in [5, 5.41) is 12.3. The van der Waals surface area contributed by atoms with Gasteiger partial charge >= 0.3 is 5.97 Å². The Bertz CT molecular complexity index is 554. The van der Waals surface area contributed by atoms with E-state index >= 15 is 0 Å². The zero-order valence-electron chi connectivity index (χ0n) is 11.2. The maximum atomic E-state index is 12.2. The number of aliphatic carboxylic acids is 1. The van der Waals surface area contributed by atoms with Gasteiger partial charge < -0.3 is 16.2 Å². The summed E-state index contributed by atoms with van der Waals surface area (Å²) in [6.07, 6.45) is 2.65. The van der Waals surface area contributed by atoms with E-state index in [0.29, 0.717) is 18.4 Å². The third-order valence-corrected chi connectivity index (χ3v) is 4.33. The summed E-state index contributed by atoms with van der Waals surface area (Å²) >= 11 is 11.8. The van der Waals surface area contributed by atoms with Gasteiger partial charge in [-0.3, -0.25) is 9.59 Å². The number of amides is 1. The minimum Gasteiger partial charge on any atom is -0.481 e. The predicted octanol–water partition coefficient (Wildman–Crippen LogP) is 2.95. The molecule has 1 amide bonds. The Hall–Kier alpha value is -1.46. The molecule has 0 bridgehead atoms. The molecule has 1 aromatic carbocycles. The van der Waals surface area contributed by atoms with E-state index in [-0.39, 0.29) is 27.7 Å². The van der Waals surface area contributed by atoms with Crippen LogP contribution in [0.2, 0.25) is 10.0 Å². The maximum absolute atomic E-state index is 12.2. The van der Waals surface area contributed by atoms with E-state index in [1.54, 1.807) is 0 Å². The number of benzene rings is 1. The van der Waals surface area contributed by atoms with Crippen LogP contribution >= 0.6 is 23.2 Å². The Labute approximate surface area is 132 Å². The summed E-state index contributed by atoms with van der Waals surface area (Å²) in [5.74, 6) is -1.54. The number of carboxylic acid groups (broad SMARTS) is 1. The Morgan fingerprint density at radius 3 is 2.43 bits per heavy atom. The van der Waals surface area contributed by atoms with Crippen molar-refractivity contribution in [3.05, 3.63) is 27.7 Å². The second-order valence-electron chi connectivity index (χ2n) is 5.23. The standard InChI is InChI=1S/C14H16Cl2N2O3/c15-10-5-8(6-11(16)12(10)17)13(19)18-9-3-1-2-7(4-9)14(20)21/h5-7,9H,1-4,17H2,(H,18,19)(H,20,21). The number of nitrogens with two attached hydrogens (primary N) is 1. The van der Waals surface area contributed by atoms with Gasteiger partial charge in [-0.1, -0.05) is 29.6 Å². The topological polar surface area (TPSA) is 92.4 Å². The summed E-state index contributed by atoms with van der Waals surface area (Å²) in [6, 6.07) is 2.76. The largest absolute Gasteiger partial charge is 0.481 e. The van der Waals surface area contributed by atoms with Gasteiger partial charge in [-0.25, -0.2) is 0 Å². The van der Waals surface area contributed by atoms with E-state index in [1.807, 2.05) is 0 Å². The molecule has 2 atom stereocenters. The molecule has 4 N–H and O–H groups in total. The molecule has 0 spiro atoms. The van der Waals surface area contributed by atoms with E-state index in [9.17, 15) is 9.59 Å². The second-order valence-corrected chi connectivity index (χ2v) is 6.04. The number of carbonyl (C=O) groups is 2. The highest BCUT2D eigenvalue weighted by atomic mass is 35.5. The molecule has 1 saturated carbocycles. The lowest BCUT2D eigenvalue weighted by atomic mass is 9.85. The quantitative estimate of drug-likeness (QED) is 0.743. The summed E-state index contributed by atoms with van der Waals surface area (Å²) in [5.41, 5.74) is 6.18. The van der Waals surface area contributed by atoms with E-state index in [4.69, 9.17) is 34.0 Å². The van der Waals surface area contributed by atoms with Crippen LogP contribution in [0.5, 0.6) is 0 Å². The van der Waals surface area contributed by atoms with E-state index in [2.05, 4.69) is 5.32 Å². The van der Waals surface area contributed by atoms with Crippen LogP contribution in [0.15, 0.2) is 12.1 Å². The molecule has 2 unspecified atom stereocenters. The van der Waals surface area contributed by atoms with Crippen molar-refractivity contribution < 1.29 is 14.7 Å². The first-order valence-electron chi connectivity index (χ1n) is 6.66. The zero-order valence-corrected chi connectivity index (χ0v) is 12.7. The lowest BCUT2D eigenvalue weighted by Crippen LogP contribution is -2.39. The monoisotopic (exact) mass is 330 g/mol. The highest BCUT2D eigenvalue weighted by Gasteiger charge is 2.28. The molecular weight excluding hydrogens is 315 g/mol. The number of nitrogens with one attached hydrogen (secondary N) is 1. The molecule has 5 nitrogen and oxygen atoms in total. The first-order chi connectivity index (χ1) is 9.88. The normalized spacial score (nSPS) is 21.8. The minimum atomic E-state index is -0.812. The highest BCUT2D eigenvalue weighted by molar-refractivity contribution is 6.39. The van der Waals surface area contributed by atoms with E-state index < -0.39 is 11.9 Å². The van der Waals surface area contributed by atoms with Crippen molar-refractivity contribution in [3.63, 3.8) is 0 Å². The smallest absolute Gasteiger partial charge is 0.306 e. The van der Waals surface area contributed by atoms with Crippen molar-refractivity contribution >= 4 is 40.8 Å². The van der Waals surface area contributed by atoms with Crippen LogP contribution in [0.4, 0.5) is 5.69 Å². The zero-order chi connectivity index (χ0) is 15.6. The molecule has 21 heavy (non-hydrogen) atoms. The fourth-order valence-corrected chi connectivity index (χ4v) is 3.02. The average molecular weight is 331 g/mol. The average Bonchev–Trinajstić information content (AvgIpc) is 2.44. The first kappa shape index (κ1) is 15.9. The molecule has 0 heterocycles. The molecule has 0 aliphatic heterocycles. The van der Waals surface area contributed by atoms with Crippen LogP contribution in [0.3, 0.4) is 0 Å². The van der Waals surface area contributed by atoms with Crippen molar-refractivity contribution in [3.8, 4) is 0 Å². The van der Waals surface area contributed by atoms with Crippen molar-refractivity contribution in [2.45, 2.75) is 31.7 Å². The van der Waals surface area contributed by atoms with Gasteiger partial charge in [0, 0.05) is 11.6 Å². The van der Waals surface area contributed by atoms with Crippen molar-refractivity contribution in [2.24, 2.45) is 5.92 Å². The number of hydrogen-bond acceptors (Lipinski definition) is 3. The maximum Gasteiger partial charge on any atom is 0.306 e. The van der Waals surface area contributed by atoms with Gasteiger partial charge in [0.25, 0.3) is 5.91 Å². The van der Waals surface area contributed by atoms with Crippen LogP contribution in [-0.4, -0.2) is 23.0 Å². The Kier molecular flexibility index (Phi) is 4.96. The van der Waals surface area contributed by atoms with Gasteiger partial charge in [-0.05, 0) is 31.4 Å². The van der Waals surface area contributed by atoms with Gasteiger partial charge in [-0.15, -0.1) is 0 Å². The van der Waals surface area contributed by atoms with Gasteiger partial charge in [0.05, 0.1) is 21.7 Å².